The number of hydrogen-bond donors (Lipinski definition) is 0. The van der Waals surface area contributed by atoms with Crippen molar-refractivity contribution in [3.63, 3.8) is 0 Å². The molecular formula is C10H9Cl3O4S. The molecule has 1 heterocycles. The quantitative estimate of drug-likeness (QED) is 0.781. The summed E-state index contributed by atoms with van der Waals surface area (Å²) in [7, 11) is 1.33. The number of halogens is 3. The SMILES string of the molecule is CC1(c2ccc(Cl)c(Cl)c2S(=O)(=O)Cl)OCCO1. The van der Waals surface area contributed by atoms with Gasteiger partial charge in [-0.25, -0.2) is 8.42 Å². The van der Waals surface area contributed by atoms with Gasteiger partial charge in [0.2, 0.25) is 0 Å². The third kappa shape index (κ3) is 2.48. The Morgan fingerprint density at radius 3 is 2.28 bits per heavy atom. The Morgan fingerprint density at radius 2 is 1.78 bits per heavy atom. The molecular weight excluding hydrogens is 323 g/mol. The van der Waals surface area contributed by atoms with Crippen molar-refractivity contribution in [1.82, 2.24) is 0 Å². The van der Waals surface area contributed by atoms with Crippen molar-refractivity contribution in [1.29, 1.82) is 0 Å². The molecule has 0 spiro atoms. The summed E-state index contributed by atoms with van der Waals surface area (Å²) in [5, 5.41) is -0.0364. The molecule has 0 bridgehead atoms. The van der Waals surface area contributed by atoms with Crippen molar-refractivity contribution in [3.8, 4) is 0 Å². The van der Waals surface area contributed by atoms with Crippen LogP contribution in [0.2, 0.25) is 10.0 Å². The molecule has 1 saturated heterocycles. The zero-order valence-corrected chi connectivity index (χ0v) is 12.3. The molecule has 2 rings (SSSR count). The highest BCUT2D eigenvalue weighted by atomic mass is 35.7. The number of benzene rings is 1. The lowest BCUT2D eigenvalue weighted by molar-refractivity contribution is -0.151. The number of ether oxygens (including phenoxy) is 2. The van der Waals surface area contributed by atoms with Crippen LogP contribution < -0.4 is 0 Å². The van der Waals surface area contributed by atoms with E-state index >= 15 is 0 Å². The normalized spacial score (nSPS) is 19.1. The molecule has 100 valence electrons. The van der Waals surface area contributed by atoms with Crippen molar-refractivity contribution in [2.24, 2.45) is 0 Å². The molecule has 0 aromatic heterocycles. The lowest BCUT2D eigenvalue weighted by Gasteiger charge is -2.25. The van der Waals surface area contributed by atoms with E-state index in [9.17, 15) is 8.42 Å². The van der Waals surface area contributed by atoms with Gasteiger partial charge >= 0.3 is 0 Å². The Bertz CT molecular complexity index is 579. The molecule has 0 N–H and O–H groups in total. The van der Waals surface area contributed by atoms with Crippen molar-refractivity contribution < 1.29 is 17.9 Å². The molecule has 0 atom stereocenters. The van der Waals surface area contributed by atoms with E-state index in [1.807, 2.05) is 0 Å². The molecule has 1 aromatic carbocycles. The first-order chi connectivity index (χ1) is 8.26. The smallest absolute Gasteiger partial charge is 0.263 e. The average molecular weight is 332 g/mol. The molecule has 0 aliphatic carbocycles. The van der Waals surface area contributed by atoms with Crippen molar-refractivity contribution in [3.05, 3.63) is 27.7 Å². The Balaban J connectivity index is 2.72. The molecule has 1 aliphatic heterocycles. The maximum atomic E-state index is 11.6. The summed E-state index contributed by atoms with van der Waals surface area (Å²) in [6, 6.07) is 2.95. The molecule has 0 saturated carbocycles. The molecule has 4 nitrogen and oxygen atoms in total. The second-order valence-corrected chi connectivity index (χ2v) is 7.11. The Labute approximate surface area is 119 Å². The highest BCUT2D eigenvalue weighted by Gasteiger charge is 2.39. The minimum absolute atomic E-state index is 0.0984. The van der Waals surface area contributed by atoms with Crippen LogP contribution in [0.3, 0.4) is 0 Å². The Kier molecular flexibility index (Phi) is 3.84. The van der Waals surface area contributed by atoms with E-state index in [2.05, 4.69) is 0 Å². The van der Waals surface area contributed by atoms with Crippen LogP contribution in [0.25, 0.3) is 0 Å². The van der Waals surface area contributed by atoms with Crippen LogP contribution in [-0.2, 0) is 24.3 Å². The first-order valence-corrected chi connectivity index (χ1v) is 8.03. The summed E-state index contributed by atoms with van der Waals surface area (Å²) in [4.78, 5) is -0.275. The van der Waals surface area contributed by atoms with Gasteiger partial charge in [-0.2, -0.15) is 0 Å². The fourth-order valence-electron chi connectivity index (χ4n) is 1.80. The van der Waals surface area contributed by atoms with Gasteiger partial charge in [0.1, 0.15) is 4.90 Å². The third-order valence-electron chi connectivity index (χ3n) is 2.62. The van der Waals surface area contributed by atoms with Gasteiger partial charge in [-0.05, 0) is 13.0 Å². The van der Waals surface area contributed by atoms with Crippen molar-refractivity contribution >= 4 is 42.9 Å². The monoisotopic (exact) mass is 330 g/mol. The average Bonchev–Trinajstić information content (AvgIpc) is 2.68. The zero-order chi connectivity index (χ0) is 13.6. The van der Waals surface area contributed by atoms with Gasteiger partial charge in [0, 0.05) is 16.2 Å². The van der Waals surface area contributed by atoms with E-state index in [4.69, 9.17) is 43.4 Å². The lowest BCUT2D eigenvalue weighted by atomic mass is 10.1. The lowest BCUT2D eigenvalue weighted by Crippen LogP contribution is -2.25. The van der Waals surface area contributed by atoms with Crippen LogP contribution in [0.1, 0.15) is 12.5 Å². The summed E-state index contributed by atoms with van der Waals surface area (Å²) in [5.41, 5.74) is 0.240. The van der Waals surface area contributed by atoms with Gasteiger partial charge in [0.25, 0.3) is 9.05 Å². The minimum atomic E-state index is -4.07. The highest BCUT2D eigenvalue weighted by molar-refractivity contribution is 8.13. The second-order valence-electron chi connectivity index (χ2n) is 3.82. The Hall–Kier alpha value is -0.0400. The Morgan fingerprint density at radius 1 is 1.22 bits per heavy atom. The molecule has 1 aliphatic rings. The summed E-state index contributed by atoms with van der Waals surface area (Å²) < 4.78 is 34.1. The number of hydrogen-bond acceptors (Lipinski definition) is 4. The van der Waals surface area contributed by atoms with E-state index in [0.717, 1.165) is 0 Å². The van der Waals surface area contributed by atoms with Crippen LogP contribution in [0.15, 0.2) is 17.0 Å². The highest BCUT2D eigenvalue weighted by Crippen LogP contribution is 2.41. The second kappa shape index (κ2) is 4.81. The van der Waals surface area contributed by atoms with Gasteiger partial charge in [0.05, 0.1) is 23.3 Å². The first-order valence-electron chi connectivity index (χ1n) is 4.97. The predicted molar refractivity (Wildman–Crippen MR) is 68.8 cm³/mol. The van der Waals surface area contributed by atoms with Crippen LogP contribution in [0, 0.1) is 0 Å². The number of rotatable bonds is 2. The fraction of sp³-hybridized carbons (Fsp3) is 0.400. The van der Waals surface area contributed by atoms with Gasteiger partial charge in [-0.15, -0.1) is 0 Å². The van der Waals surface area contributed by atoms with Crippen LogP contribution >= 0.6 is 33.9 Å². The van der Waals surface area contributed by atoms with Crippen molar-refractivity contribution in [2.75, 3.05) is 13.2 Å². The summed E-state index contributed by atoms with van der Waals surface area (Å²) in [6.45, 7) is 2.32. The van der Waals surface area contributed by atoms with E-state index in [0.29, 0.717) is 13.2 Å². The molecule has 0 amide bonds. The topological polar surface area (TPSA) is 52.6 Å². The largest absolute Gasteiger partial charge is 0.344 e. The van der Waals surface area contributed by atoms with Crippen LogP contribution in [0.5, 0.6) is 0 Å². The predicted octanol–water partition coefficient (Wildman–Crippen LogP) is 3.14. The minimum Gasteiger partial charge on any atom is -0.344 e. The molecule has 18 heavy (non-hydrogen) atoms. The maximum Gasteiger partial charge on any atom is 0.263 e. The van der Waals surface area contributed by atoms with Gasteiger partial charge < -0.3 is 9.47 Å². The van der Waals surface area contributed by atoms with Crippen LogP contribution in [0.4, 0.5) is 0 Å². The van der Waals surface area contributed by atoms with Gasteiger partial charge in [-0.1, -0.05) is 29.3 Å². The van der Waals surface area contributed by atoms with Crippen molar-refractivity contribution in [2.45, 2.75) is 17.6 Å². The van der Waals surface area contributed by atoms with E-state index < -0.39 is 14.8 Å². The van der Waals surface area contributed by atoms with Gasteiger partial charge in [-0.3, -0.25) is 0 Å². The standard InChI is InChI=1S/C10H9Cl3O4S/c1-10(16-4-5-17-10)6-2-3-7(11)8(12)9(6)18(13,14)15/h2-3H,4-5H2,1H3. The van der Waals surface area contributed by atoms with E-state index in [-0.39, 0.29) is 20.5 Å². The zero-order valence-electron chi connectivity index (χ0n) is 9.24. The first kappa shape index (κ1) is 14.4. The molecule has 1 fully saturated rings. The molecule has 1 aromatic rings. The van der Waals surface area contributed by atoms with Crippen LogP contribution in [-0.4, -0.2) is 21.6 Å². The maximum absolute atomic E-state index is 11.6. The van der Waals surface area contributed by atoms with Gasteiger partial charge in [0.15, 0.2) is 5.79 Å². The molecule has 0 radical (unpaired) electrons. The summed E-state index contributed by atoms with van der Waals surface area (Å²) in [5.74, 6) is -1.19. The van der Waals surface area contributed by atoms with E-state index in [1.54, 1.807) is 6.92 Å². The molecule has 0 unspecified atom stereocenters. The fourth-order valence-corrected chi connectivity index (χ4v) is 3.92. The summed E-state index contributed by atoms with van der Waals surface area (Å²) >= 11 is 11.7. The summed E-state index contributed by atoms with van der Waals surface area (Å²) in [6.07, 6.45) is 0. The van der Waals surface area contributed by atoms with E-state index in [1.165, 1.54) is 12.1 Å². The third-order valence-corrected chi connectivity index (χ3v) is 4.91. The molecule has 8 heteroatoms.